The molecule has 2 aromatic carbocycles. The normalized spacial score (nSPS) is 22.0. The molecule has 6 aromatic rings. The van der Waals surface area contributed by atoms with Gasteiger partial charge in [0.2, 0.25) is 0 Å². The van der Waals surface area contributed by atoms with Crippen molar-refractivity contribution in [2.75, 3.05) is 0 Å². The standard InChI is InChI=1S/C44H34N4O10.ClH/c1-3-43(55)25-17-29-35-23(15-21-9-5-7-11-27(21)45-35)19-47(29)39(51)33(25)37(57-41(43)53)31(49)13-14-32(50)38-34-26(44(56,4-2)42(54)58-38)18-30-36-24(20-48(30)40(34)52)16-22-10-6-8-12-28(22)46-36;/h5-12,15-18,37-38,55-56H,3-4,13-14,19-20H2,1-2H3;1H/t37?,38?,43-,44-;/m0./s1. The first-order valence-electron chi connectivity index (χ1n) is 19.1. The van der Waals surface area contributed by atoms with Gasteiger partial charge in [-0.25, -0.2) is 19.6 Å². The average molecular weight is 815 g/mol. The second-order valence-electron chi connectivity index (χ2n) is 15.3. The number of benzene rings is 2. The molecule has 15 heteroatoms. The molecule has 0 aliphatic carbocycles. The number of aromatic nitrogens is 4. The van der Waals surface area contributed by atoms with Crippen molar-refractivity contribution in [3.63, 3.8) is 0 Å². The molecule has 0 bridgehead atoms. The molecule has 0 saturated carbocycles. The molecule has 0 radical (unpaired) electrons. The summed E-state index contributed by atoms with van der Waals surface area (Å²) in [7, 11) is 0. The van der Waals surface area contributed by atoms with Crippen LogP contribution in [0.15, 0.2) is 82.4 Å². The monoisotopic (exact) mass is 814 g/mol. The molecule has 2 unspecified atom stereocenters. The van der Waals surface area contributed by atoms with Gasteiger partial charge in [-0.15, -0.1) is 12.4 Å². The zero-order valence-corrected chi connectivity index (χ0v) is 32.5. The summed E-state index contributed by atoms with van der Waals surface area (Å²) in [6.07, 6.45) is -5.00. The molecule has 4 aliphatic rings. The fourth-order valence-electron chi connectivity index (χ4n) is 8.95. The fourth-order valence-corrected chi connectivity index (χ4v) is 8.95. The van der Waals surface area contributed by atoms with Gasteiger partial charge in [-0.3, -0.25) is 19.2 Å². The number of halogens is 1. The van der Waals surface area contributed by atoms with Crippen LogP contribution in [0.2, 0.25) is 0 Å². The number of pyridine rings is 4. The number of aliphatic hydroxyl groups is 2. The van der Waals surface area contributed by atoms with E-state index in [2.05, 4.69) is 0 Å². The Balaban J connectivity index is 0.00000449. The van der Waals surface area contributed by atoms with Crippen molar-refractivity contribution in [2.45, 2.75) is 76.0 Å². The highest BCUT2D eigenvalue weighted by molar-refractivity contribution is 5.98. The van der Waals surface area contributed by atoms with Gasteiger partial charge >= 0.3 is 11.9 Å². The third kappa shape index (κ3) is 5.32. The van der Waals surface area contributed by atoms with Crippen LogP contribution in [0.5, 0.6) is 0 Å². The molecule has 8 heterocycles. The van der Waals surface area contributed by atoms with Crippen LogP contribution in [-0.4, -0.2) is 52.8 Å². The molecule has 10 rings (SSSR count). The van der Waals surface area contributed by atoms with Crippen molar-refractivity contribution in [3.8, 4) is 22.8 Å². The molecule has 2 N–H and O–H groups in total. The minimum absolute atomic E-state index is 0. The van der Waals surface area contributed by atoms with E-state index in [0.29, 0.717) is 33.8 Å². The Morgan fingerprint density at radius 2 is 1.05 bits per heavy atom. The zero-order chi connectivity index (χ0) is 40.4. The Bertz CT molecular complexity index is 2830. The molecule has 4 atom stereocenters. The van der Waals surface area contributed by atoms with E-state index in [0.717, 1.165) is 21.9 Å². The van der Waals surface area contributed by atoms with E-state index in [1.165, 1.54) is 21.3 Å². The van der Waals surface area contributed by atoms with Gasteiger partial charge in [0.25, 0.3) is 11.1 Å². The summed E-state index contributed by atoms with van der Waals surface area (Å²) in [5.74, 6) is -3.88. The van der Waals surface area contributed by atoms with Crippen LogP contribution in [0.25, 0.3) is 44.6 Å². The van der Waals surface area contributed by atoms with Gasteiger partial charge in [0.05, 0.1) is 58.0 Å². The molecule has 14 nitrogen and oxygen atoms in total. The number of cyclic esters (lactones) is 2. The number of para-hydroxylation sites is 2. The number of hydrogen-bond acceptors (Lipinski definition) is 12. The van der Waals surface area contributed by atoms with Crippen molar-refractivity contribution in [1.82, 2.24) is 19.1 Å². The van der Waals surface area contributed by atoms with Gasteiger partial charge in [-0.1, -0.05) is 50.2 Å². The summed E-state index contributed by atoms with van der Waals surface area (Å²) in [5, 5.41) is 25.0. The van der Waals surface area contributed by atoms with E-state index in [-0.39, 0.29) is 60.6 Å². The van der Waals surface area contributed by atoms with Crippen molar-refractivity contribution >= 4 is 57.7 Å². The maximum absolute atomic E-state index is 14.3. The zero-order valence-electron chi connectivity index (χ0n) is 31.7. The molecule has 4 aromatic heterocycles. The number of nitrogens with zero attached hydrogens (tertiary/aromatic N) is 4. The summed E-state index contributed by atoms with van der Waals surface area (Å²) in [6.45, 7) is 3.35. The molecule has 0 amide bonds. The Labute approximate surface area is 340 Å². The molecule has 0 fully saturated rings. The number of carbonyl (C=O) groups excluding carboxylic acids is 4. The summed E-state index contributed by atoms with van der Waals surface area (Å²) in [5.41, 5.74) is -1.74. The number of esters is 2. The quantitative estimate of drug-likeness (QED) is 0.213. The van der Waals surface area contributed by atoms with Crippen LogP contribution < -0.4 is 11.1 Å². The van der Waals surface area contributed by atoms with Gasteiger partial charge < -0.3 is 28.8 Å². The molecular formula is C44H35ClN4O10. The van der Waals surface area contributed by atoms with E-state index in [1.54, 1.807) is 13.8 Å². The Hall–Kier alpha value is -6.35. The fraction of sp³-hybridized carbons (Fsp3) is 0.273. The van der Waals surface area contributed by atoms with E-state index >= 15 is 0 Å². The van der Waals surface area contributed by atoms with E-state index in [4.69, 9.17) is 19.4 Å². The molecular weight excluding hydrogens is 780 g/mol. The predicted molar refractivity (Wildman–Crippen MR) is 214 cm³/mol. The Morgan fingerprint density at radius 1 is 0.661 bits per heavy atom. The van der Waals surface area contributed by atoms with E-state index in [9.17, 15) is 39.0 Å². The lowest BCUT2D eigenvalue weighted by Gasteiger charge is -2.36. The Kier molecular flexibility index (Phi) is 8.64. The van der Waals surface area contributed by atoms with Crippen LogP contribution in [-0.2, 0) is 52.9 Å². The highest BCUT2D eigenvalue weighted by atomic mass is 35.5. The van der Waals surface area contributed by atoms with Gasteiger partial charge in [-0.2, -0.15) is 0 Å². The summed E-state index contributed by atoms with van der Waals surface area (Å²) in [4.78, 5) is 93.1. The number of fused-ring (bicyclic) bond motifs is 10. The van der Waals surface area contributed by atoms with Crippen molar-refractivity contribution in [2.24, 2.45) is 0 Å². The van der Waals surface area contributed by atoms with Crippen molar-refractivity contribution in [3.05, 3.63) is 127 Å². The molecule has 4 aliphatic heterocycles. The molecule has 0 saturated heterocycles. The van der Waals surface area contributed by atoms with Gasteiger partial charge in [0.15, 0.2) is 35.0 Å². The lowest BCUT2D eigenvalue weighted by atomic mass is 9.81. The van der Waals surface area contributed by atoms with Gasteiger partial charge in [0.1, 0.15) is 0 Å². The maximum Gasteiger partial charge on any atom is 0.343 e. The van der Waals surface area contributed by atoms with Crippen molar-refractivity contribution < 1.29 is 38.9 Å². The predicted octanol–water partition coefficient (Wildman–Crippen LogP) is 4.60. The highest BCUT2D eigenvalue weighted by Gasteiger charge is 2.52. The number of hydrogen-bond donors (Lipinski definition) is 2. The van der Waals surface area contributed by atoms with Gasteiger partial charge in [-0.05, 0) is 49.2 Å². The maximum atomic E-state index is 14.3. The summed E-state index contributed by atoms with van der Waals surface area (Å²) >= 11 is 0. The molecule has 59 heavy (non-hydrogen) atoms. The number of ether oxygens (including phenoxy) is 2. The van der Waals surface area contributed by atoms with E-state index < -0.39 is 70.9 Å². The lowest BCUT2D eigenvalue weighted by Crippen LogP contribution is -2.48. The van der Waals surface area contributed by atoms with Gasteiger partial charge in [0, 0.05) is 45.9 Å². The average Bonchev–Trinajstić information content (AvgIpc) is 3.78. The first-order chi connectivity index (χ1) is 27.9. The highest BCUT2D eigenvalue weighted by Crippen LogP contribution is 2.45. The van der Waals surface area contributed by atoms with Crippen LogP contribution in [0.4, 0.5) is 0 Å². The van der Waals surface area contributed by atoms with Crippen LogP contribution in [0, 0.1) is 0 Å². The lowest BCUT2D eigenvalue weighted by molar-refractivity contribution is -0.181. The second-order valence-corrected chi connectivity index (χ2v) is 15.3. The van der Waals surface area contributed by atoms with Crippen molar-refractivity contribution in [1.29, 1.82) is 0 Å². The third-order valence-electron chi connectivity index (χ3n) is 12.2. The van der Waals surface area contributed by atoms with Crippen LogP contribution in [0.1, 0.15) is 85.1 Å². The molecule has 0 spiro atoms. The number of Topliss-reactive ketones (excluding diaryl/α,β-unsaturated/α-hetero) is 2. The van der Waals surface area contributed by atoms with E-state index in [1.807, 2.05) is 60.7 Å². The second kappa shape index (κ2) is 13.3. The SMILES string of the molecule is CC[C@@]1(O)C(=O)OC(C(=O)CCC(=O)C2OC(=O)[C@](O)(CC)c3cc4n(c(=O)c32)Cc2cc3ccccc3nc2-4)c2c1cc1n(c2=O)Cc2cc3ccccc3nc2-1.Cl. The number of rotatable bonds is 7. The minimum Gasteiger partial charge on any atom is -0.447 e. The summed E-state index contributed by atoms with van der Waals surface area (Å²) < 4.78 is 13.9. The summed E-state index contributed by atoms with van der Waals surface area (Å²) in [6, 6.07) is 21.8. The smallest absolute Gasteiger partial charge is 0.343 e. The van der Waals surface area contributed by atoms with Crippen LogP contribution >= 0.6 is 12.4 Å². The van der Waals surface area contributed by atoms with Crippen LogP contribution in [0.3, 0.4) is 0 Å². The number of ketones is 2. The topological polar surface area (TPSA) is 197 Å². The first-order valence-corrected chi connectivity index (χ1v) is 19.1. The number of carbonyl (C=O) groups is 4. The largest absolute Gasteiger partial charge is 0.447 e. The molecule has 298 valence electrons. The third-order valence-corrected chi connectivity index (χ3v) is 12.2. The minimum atomic E-state index is -2.24. The first kappa shape index (κ1) is 38.2. The Morgan fingerprint density at radius 3 is 1.44 bits per heavy atom.